The fourth-order valence-corrected chi connectivity index (χ4v) is 3.88. The number of hydrogen-bond acceptors (Lipinski definition) is 4. The zero-order valence-electron chi connectivity index (χ0n) is 10.1. The summed E-state index contributed by atoms with van der Waals surface area (Å²) in [6.45, 7) is 2.37. The Morgan fingerprint density at radius 1 is 1.17 bits per heavy atom. The third-order valence-electron chi connectivity index (χ3n) is 3.47. The van der Waals surface area contributed by atoms with Gasteiger partial charge in [0.1, 0.15) is 0 Å². The molecule has 0 amide bonds. The van der Waals surface area contributed by atoms with Crippen molar-refractivity contribution in [3.63, 3.8) is 0 Å². The normalized spacial score (nSPS) is 25.0. The van der Waals surface area contributed by atoms with Crippen molar-refractivity contribution in [3.05, 3.63) is 29.8 Å². The second kappa shape index (κ2) is 4.64. The molecule has 5 heteroatoms. The van der Waals surface area contributed by atoms with E-state index in [9.17, 15) is 8.42 Å². The Bertz CT molecular complexity index is 514. The van der Waals surface area contributed by atoms with Gasteiger partial charge in [0.15, 0.2) is 9.84 Å². The zero-order valence-corrected chi connectivity index (χ0v) is 10.9. The first-order valence-corrected chi connectivity index (χ1v) is 7.89. The summed E-state index contributed by atoms with van der Waals surface area (Å²) in [4.78, 5) is 0.442. The van der Waals surface area contributed by atoms with Gasteiger partial charge < -0.3 is 10.1 Å². The number of nitrogens with one attached hydrogen (secondary N) is 1. The first-order chi connectivity index (χ1) is 8.68. The van der Waals surface area contributed by atoms with E-state index >= 15 is 0 Å². The molecule has 1 unspecified atom stereocenters. The largest absolute Gasteiger partial charge is 0.371 e. The smallest absolute Gasteiger partial charge is 0.181 e. The van der Waals surface area contributed by atoms with Gasteiger partial charge in [-0.2, -0.15) is 0 Å². The van der Waals surface area contributed by atoms with Crippen LogP contribution >= 0.6 is 0 Å². The molecule has 2 aliphatic rings. The fraction of sp³-hybridized carbons (Fsp3) is 0.538. The van der Waals surface area contributed by atoms with E-state index in [2.05, 4.69) is 5.32 Å². The van der Waals surface area contributed by atoms with Gasteiger partial charge in [0.05, 0.1) is 22.9 Å². The predicted octanol–water partition coefficient (Wildman–Crippen LogP) is 1.28. The number of sulfone groups is 1. The molecule has 4 nitrogen and oxygen atoms in total. The van der Waals surface area contributed by atoms with Crippen LogP contribution in [0.3, 0.4) is 0 Å². The topological polar surface area (TPSA) is 55.4 Å². The molecule has 1 saturated heterocycles. The summed E-state index contributed by atoms with van der Waals surface area (Å²) in [5.41, 5.74) is 1.04. The molecule has 0 spiro atoms. The van der Waals surface area contributed by atoms with Gasteiger partial charge in [-0.3, -0.25) is 0 Å². The van der Waals surface area contributed by atoms with Crippen molar-refractivity contribution >= 4 is 9.84 Å². The van der Waals surface area contributed by atoms with Crippen LogP contribution in [-0.4, -0.2) is 33.4 Å². The average molecular weight is 267 g/mol. The Kier molecular flexibility index (Phi) is 3.13. The second-order valence-electron chi connectivity index (χ2n) is 4.88. The fourth-order valence-electron chi connectivity index (χ4n) is 2.22. The molecule has 1 aromatic carbocycles. The van der Waals surface area contributed by atoms with Gasteiger partial charge in [0.2, 0.25) is 0 Å². The lowest BCUT2D eigenvalue weighted by molar-refractivity contribution is 0.0277. The highest BCUT2D eigenvalue weighted by molar-refractivity contribution is 7.92. The third-order valence-corrected chi connectivity index (χ3v) is 5.75. The predicted molar refractivity (Wildman–Crippen MR) is 68.2 cm³/mol. The van der Waals surface area contributed by atoms with Gasteiger partial charge >= 0.3 is 0 Å². The van der Waals surface area contributed by atoms with Crippen LogP contribution in [0.4, 0.5) is 0 Å². The molecule has 98 valence electrons. The van der Waals surface area contributed by atoms with E-state index in [0.29, 0.717) is 11.5 Å². The summed E-state index contributed by atoms with van der Waals surface area (Å²) < 4.78 is 29.7. The van der Waals surface area contributed by atoms with Crippen LogP contribution in [0.15, 0.2) is 29.2 Å². The minimum atomic E-state index is -3.07. The van der Waals surface area contributed by atoms with Crippen LogP contribution in [0, 0.1) is 0 Å². The van der Waals surface area contributed by atoms with Gasteiger partial charge in [-0.05, 0) is 30.5 Å². The van der Waals surface area contributed by atoms with Crippen LogP contribution in [0.1, 0.15) is 24.5 Å². The van der Waals surface area contributed by atoms with E-state index in [4.69, 9.17) is 4.74 Å². The molecule has 1 aliphatic heterocycles. The molecule has 1 aromatic rings. The molecule has 1 atom stereocenters. The van der Waals surface area contributed by atoms with Crippen molar-refractivity contribution in [3.8, 4) is 0 Å². The highest BCUT2D eigenvalue weighted by atomic mass is 32.2. The lowest BCUT2D eigenvalue weighted by Crippen LogP contribution is -2.33. The molecule has 1 aliphatic carbocycles. The van der Waals surface area contributed by atoms with E-state index in [1.54, 1.807) is 12.1 Å². The molecular formula is C13H17NO3S. The van der Waals surface area contributed by atoms with Crippen LogP contribution in [0.2, 0.25) is 0 Å². The van der Waals surface area contributed by atoms with Crippen molar-refractivity contribution in [2.45, 2.75) is 29.1 Å². The van der Waals surface area contributed by atoms with Crippen LogP contribution in [0.5, 0.6) is 0 Å². The number of morpholine rings is 1. The maximum Gasteiger partial charge on any atom is 0.181 e. The first-order valence-electron chi connectivity index (χ1n) is 6.34. The quantitative estimate of drug-likeness (QED) is 0.896. The van der Waals surface area contributed by atoms with Gasteiger partial charge in [-0.1, -0.05) is 12.1 Å². The standard InChI is InChI=1S/C13H17NO3S/c15-18(16,12-5-6-12)11-3-1-10(2-4-11)13-9-14-7-8-17-13/h1-4,12-14H,5-9H2. The monoisotopic (exact) mass is 267 g/mol. The number of ether oxygens (including phenoxy) is 1. The second-order valence-corrected chi connectivity index (χ2v) is 7.11. The van der Waals surface area contributed by atoms with Crippen molar-refractivity contribution < 1.29 is 13.2 Å². The van der Waals surface area contributed by atoms with Crippen molar-refractivity contribution in [1.29, 1.82) is 0 Å². The molecule has 2 fully saturated rings. The van der Waals surface area contributed by atoms with E-state index < -0.39 is 9.84 Å². The number of hydrogen-bond donors (Lipinski definition) is 1. The lowest BCUT2D eigenvalue weighted by Gasteiger charge is -2.24. The summed E-state index contributed by atoms with van der Waals surface area (Å²) in [5, 5.41) is 3.12. The van der Waals surface area contributed by atoms with E-state index in [-0.39, 0.29) is 11.4 Å². The van der Waals surface area contributed by atoms with Gasteiger partial charge in [-0.25, -0.2) is 8.42 Å². The van der Waals surface area contributed by atoms with E-state index in [1.807, 2.05) is 12.1 Å². The highest BCUT2D eigenvalue weighted by Gasteiger charge is 2.36. The molecule has 3 rings (SSSR count). The van der Waals surface area contributed by atoms with Crippen LogP contribution in [-0.2, 0) is 14.6 Å². The summed E-state index contributed by atoms with van der Waals surface area (Å²) in [6.07, 6.45) is 1.65. The molecular weight excluding hydrogens is 250 g/mol. The Morgan fingerprint density at radius 2 is 1.89 bits per heavy atom. The van der Waals surface area contributed by atoms with Crippen LogP contribution in [0.25, 0.3) is 0 Å². The molecule has 0 radical (unpaired) electrons. The Balaban J connectivity index is 1.80. The van der Waals surface area contributed by atoms with Crippen molar-refractivity contribution in [1.82, 2.24) is 5.32 Å². The molecule has 0 bridgehead atoms. The Morgan fingerprint density at radius 3 is 2.44 bits per heavy atom. The SMILES string of the molecule is O=S(=O)(c1ccc(C2CNCCO2)cc1)C1CC1. The van der Waals surface area contributed by atoms with Crippen molar-refractivity contribution in [2.75, 3.05) is 19.7 Å². The van der Waals surface area contributed by atoms with Gasteiger partial charge in [0.25, 0.3) is 0 Å². The van der Waals surface area contributed by atoms with Gasteiger partial charge in [-0.15, -0.1) is 0 Å². The molecule has 1 N–H and O–H groups in total. The van der Waals surface area contributed by atoms with Crippen molar-refractivity contribution in [2.24, 2.45) is 0 Å². The summed E-state index contributed by atoms with van der Waals surface area (Å²) in [5.74, 6) is 0. The first kappa shape index (κ1) is 12.1. The molecule has 1 saturated carbocycles. The lowest BCUT2D eigenvalue weighted by atomic mass is 10.1. The minimum Gasteiger partial charge on any atom is -0.371 e. The maximum absolute atomic E-state index is 12.0. The Hall–Kier alpha value is -0.910. The zero-order chi connectivity index (χ0) is 12.6. The molecule has 0 aromatic heterocycles. The number of benzene rings is 1. The maximum atomic E-state index is 12.0. The highest BCUT2D eigenvalue weighted by Crippen LogP contribution is 2.33. The summed E-state index contributed by atoms with van der Waals surface area (Å²) in [6, 6.07) is 7.15. The van der Waals surface area contributed by atoms with E-state index in [0.717, 1.165) is 31.5 Å². The molecule has 18 heavy (non-hydrogen) atoms. The minimum absolute atomic E-state index is 0.0384. The third kappa shape index (κ3) is 2.30. The summed E-state index contributed by atoms with van der Waals surface area (Å²) in [7, 11) is -3.07. The van der Waals surface area contributed by atoms with Crippen LogP contribution < -0.4 is 5.32 Å². The Labute approximate surface area is 107 Å². The summed E-state index contributed by atoms with van der Waals surface area (Å²) >= 11 is 0. The molecule has 1 heterocycles. The number of rotatable bonds is 3. The van der Waals surface area contributed by atoms with Gasteiger partial charge in [0, 0.05) is 13.1 Å². The average Bonchev–Trinajstić information content (AvgIpc) is 3.25. The van der Waals surface area contributed by atoms with E-state index in [1.165, 1.54) is 0 Å².